The number of benzene rings is 3. The lowest BCUT2D eigenvalue weighted by atomic mass is 9.97. The molecule has 4 rings (SSSR count). The number of rotatable bonds is 5. The SMILES string of the molecule is COc1ccc(C2CC(c3ccc4ccccc4c3)=NN2C(=O)COC(C)=O)cc1. The Morgan fingerprint density at radius 2 is 1.77 bits per heavy atom. The summed E-state index contributed by atoms with van der Waals surface area (Å²) in [6.45, 7) is 0.943. The zero-order valence-electron chi connectivity index (χ0n) is 16.9. The maximum absolute atomic E-state index is 12.8. The number of fused-ring (bicyclic) bond motifs is 1. The van der Waals surface area contributed by atoms with Gasteiger partial charge in [-0.3, -0.25) is 9.59 Å². The molecular formula is C24H22N2O4. The van der Waals surface area contributed by atoms with Gasteiger partial charge < -0.3 is 9.47 Å². The lowest BCUT2D eigenvalue weighted by Crippen LogP contribution is -2.31. The number of hydrogen-bond acceptors (Lipinski definition) is 5. The average molecular weight is 402 g/mol. The predicted octanol–water partition coefficient (Wildman–Crippen LogP) is 4.09. The van der Waals surface area contributed by atoms with E-state index in [-0.39, 0.29) is 18.6 Å². The van der Waals surface area contributed by atoms with Crippen LogP contribution in [-0.4, -0.2) is 36.3 Å². The summed E-state index contributed by atoms with van der Waals surface area (Å²) in [6.07, 6.45) is 0.566. The zero-order valence-corrected chi connectivity index (χ0v) is 16.9. The second-order valence-electron chi connectivity index (χ2n) is 7.12. The molecule has 1 amide bonds. The summed E-state index contributed by atoms with van der Waals surface area (Å²) in [7, 11) is 1.61. The number of amides is 1. The number of carbonyl (C=O) groups is 2. The number of hydrazone groups is 1. The first kappa shape index (κ1) is 19.6. The van der Waals surface area contributed by atoms with Crippen molar-refractivity contribution in [1.29, 1.82) is 0 Å². The molecule has 6 nitrogen and oxygen atoms in total. The molecule has 3 aromatic rings. The van der Waals surface area contributed by atoms with Gasteiger partial charge in [0.15, 0.2) is 6.61 Å². The molecule has 152 valence electrons. The van der Waals surface area contributed by atoms with Crippen LogP contribution in [0.5, 0.6) is 5.75 Å². The third-order valence-corrected chi connectivity index (χ3v) is 5.15. The summed E-state index contributed by atoms with van der Waals surface area (Å²) in [5.74, 6) is -0.116. The Morgan fingerprint density at radius 3 is 2.47 bits per heavy atom. The van der Waals surface area contributed by atoms with Crippen molar-refractivity contribution < 1.29 is 19.1 Å². The molecule has 0 spiro atoms. The van der Waals surface area contributed by atoms with E-state index < -0.39 is 5.97 Å². The van der Waals surface area contributed by atoms with Crippen LogP contribution in [0, 0.1) is 0 Å². The second kappa shape index (κ2) is 8.37. The number of hydrogen-bond donors (Lipinski definition) is 0. The molecule has 1 unspecified atom stereocenters. The van der Waals surface area contributed by atoms with Gasteiger partial charge in [0, 0.05) is 13.3 Å². The summed E-state index contributed by atoms with van der Waals surface area (Å²) in [6, 6.07) is 21.6. The van der Waals surface area contributed by atoms with Crippen LogP contribution >= 0.6 is 0 Å². The zero-order chi connectivity index (χ0) is 21.1. The van der Waals surface area contributed by atoms with Gasteiger partial charge in [0.05, 0.1) is 18.9 Å². The number of carbonyl (C=O) groups excluding carboxylic acids is 2. The van der Waals surface area contributed by atoms with Crippen LogP contribution < -0.4 is 4.74 Å². The molecule has 6 heteroatoms. The van der Waals surface area contributed by atoms with Gasteiger partial charge in [-0.2, -0.15) is 5.10 Å². The topological polar surface area (TPSA) is 68.2 Å². The highest BCUT2D eigenvalue weighted by molar-refractivity contribution is 6.05. The van der Waals surface area contributed by atoms with Gasteiger partial charge in [0.1, 0.15) is 5.75 Å². The standard InChI is InChI=1S/C24H22N2O4/c1-16(27)30-15-24(28)26-23(18-9-11-21(29-2)12-10-18)14-22(25-26)20-8-7-17-5-3-4-6-19(17)13-20/h3-13,23H,14-15H2,1-2H3. The fraction of sp³-hybridized carbons (Fsp3) is 0.208. The third-order valence-electron chi connectivity index (χ3n) is 5.15. The van der Waals surface area contributed by atoms with E-state index in [1.165, 1.54) is 11.9 Å². The summed E-state index contributed by atoms with van der Waals surface area (Å²) >= 11 is 0. The van der Waals surface area contributed by atoms with Gasteiger partial charge in [-0.25, -0.2) is 5.01 Å². The first-order chi connectivity index (χ1) is 14.5. The van der Waals surface area contributed by atoms with Gasteiger partial charge in [0.2, 0.25) is 0 Å². The molecule has 0 fully saturated rings. The highest BCUT2D eigenvalue weighted by Gasteiger charge is 2.33. The molecule has 0 aliphatic carbocycles. The van der Waals surface area contributed by atoms with Crippen LogP contribution in [0.2, 0.25) is 0 Å². The molecule has 0 aromatic heterocycles. The molecule has 3 aromatic carbocycles. The van der Waals surface area contributed by atoms with Gasteiger partial charge in [-0.1, -0.05) is 48.5 Å². The normalized spacial score (nSPS) is 15.7. The lowest BCUT2D eigenvalue weighted by molar-refractivity contribution is -0.151. The first-order valence-corrected chi connectivity index (χ1v) is 9.71. The molecule has 30 heavy (non-hydrogen) atoms. The van der Waals surface area contributed by atoms with Crippen LogP contribution in [-0.2, 0) is 14.3 Å². The minimum absolute atomic E-state index is 0.277. The van der Waals surface area contributed by atoms with Crippen LogP contribution in [0.3, 0.4) is 0 Å². The number of ether oxygens (including phenoxy) is 2. The molecule has 0 radical (unpaired) electrons. The molecule has 0 saturated heterocycles. The summed E-state index contributed by atoms with van der Waals surface area (Å²) in [5.41, 5.74) is 2.72. The van der Waals surface area contributed by atoms with Crippen LogP contribution in [0.15, 0.2) is 71.8 Å². The monoisotopic (exact) mass is 402 g/mol. The summed E-state index contributed by atoms with van der Waals surface area (Å²) in [5, 5.41) is 8.31. The van der Waals surface area contributed by atoms with E-state index in [4.69, 9.17) is 9.47 Å². The quantitative estimate of drug-likeness (QED) is 0.603. The Labute approximate surface area is 174 Å². The molecular weight excluding hydrogens is 380 g/mol. The van der Waals surface area contributed by atoms with Crippen LogP contribution in [0.25, 0.3) is 10.8 Å². The van der Waals surface area contributed by atoms with Gasteiger partial charge in [-0.15, -0.1) is 0 Å². The van der Waals surface area contributed by atoms with E-state index in [0.29, 0.717) is 6.42 Å². The highest BCUT2D eigenvalue weighted by atomic mass is 16.5. The van der Waals surface area contributed by atoms with Crippen LogP contribution in [0.4, 0.5) is 0 Å². The molecule has 0 N–H and O–H groups in total. The van der Waals surface area contributed by atoms with Crippen molar-refractivity contribution in [3.8, 4) is 5.75 Å². The lowest BCUT2D eigenvalue weighted by Gasteiger charge is -2.22. The molecule has 0 saturated carbocycles. The van der Waals surface area contributed by atoms with E-state index in [1.54, 1.807) is 7.11 Å². The van der Waals surface area contributed by atoms with E-state index >= 15 is 0 Å². The van der Waals surface area contributed by atoms with E-state index in [0.717, 1.165) is 33.4 Å². The van der Waals surface area contributed by atoms with E-state index in [2.05, 4.69) is 29.4 Å². The fourth-order valence-electron chi connectivity index (χ4n) is 3.60. The van der Waals surface area contributed by atoms with Crippen molar-refractivity contribution in [3.05, 3.63) is 77.9 Å². The predicted molar refractivity (Wildman–Crippen MR) is 114 cm³/mol. The number of methoxy groups -OCH3 is 1. The van der Waals surface area contributed by atoms with E-state index in [9.17, 15) is 9.59 Å². The Kier molecular flexibility index (Phi) is 5.48. The van der Waals surface area contributed by atoms with Gasteiger partial charge in [-0.05, 0) is 40.1 Å². The molecule has 1 heterocycles. The number of esters is 1. The van der Waals surface area contributed by atoms with E-state index in [1.807, 2.05) is 42.5 Å². The van der Waals surface area contributed by atoms with Crippen LogP contribution in [0.1, 0.15) is 30.5 Å². The van der Waals surface area contributed by atoms with Crippen molar-refractivity contribution in [2.45, 2.75) is 19.4 Å². The maximum atomic E-state index is 12.8. The largest absolute Gasteiger partial charge is 0.497 e. The van der Waals surface area contributed by atoms with Gasteiger partial charge in [0.25, 0.3) is 5.91 Å². The Morgan fingerprint density at radius 1 is 1.03 bits per heavy atom. The highest BCUT2D eigenvalue weighted by Crippen LogP contribution is 2.34. The summed E-state index contributed by atoms with van der Waals surface area (Å²) in [4.78, 5) is 23.9. The first-order valence-electron chi connectivity index (χ1n) is 9.71. The summed E-state index contributed by atoms with van der Waals surface area (Å²) < 4.78 is 10.2. The smallest absolute Gasteiger partial charge is 0.303 e. The maximum Gasteiger partial charge on any atom is 0.303 e. The Bertz CT molecular complexity index is 1120. The average Bonchev–Trinajstić information content (AvgIpc) is 3.23. The van der Waals surface area contributed by atoms with Gasteiger partial charge >= 0.3 is 5.97 Å². The Balaban J connectivity index is 1.67. The van der Waals surface area contributed by atoms with Crippen molar-refractivity contribution >= 4 is 28.4 Å². The van der Waals surface area contributed by atoms with Crippen molar-refractivity contribution in [2.75, 3.05) is 13.7 Å². The molecule has 1 aliphatic heterocycles. The van der Waals surface area contributed by atoms with Crippen molar-refractivity contribution in [3.63, 3.8) is 0 Å². The third kappa shape index (κ3) is 4.03. The fourth-order valence-corrected chi connectivity index (χ4v) is 3.60. The van der Waals surface area contributed by atoms with Crippen molar-refractivity contribution in [2.24, 2.45) is 5.10 Å². The Hall–Kier alpha value is -3.67. The second-order valence-corrected chi connectivity index (χ2v) is 7.12. The van der Waals surface area contributed by atoms with Crippen molar-refractivity contribution in [1.82, 2.24) is 5.01 Å². The number of nitrogens with zero attached hydrogens (tertiary/aromatic N) is 2. The molecule has 1 aliphatic rings. The molecule has 0 bridgehead atoms. The minimum Gasteiger partial charge on any atom is -0.497 e. The molecule has 1 atom stereocenters. The minimum atomic E-state index is -0.498.